The lowest BCUT2D eigenvalue weighted by molar-refractivity contribution is 0.193. The molecule has 0 spiro atoms. The van der Waals surface area contributed by atoms with Gasteiger partial charge in [0.15, 0.2) is 6.17 Å². The topological polar surface area (TPSA) is 48.3 Å². The number of fused-ring (bicyclic) bond motifs is 1. The van der Waals surface area contributed by atoms with Crippen LogP contribution in [0, 0.1) is 0 Å². The number of nitrogens with zero attached hydrogens (tertiary/aromatic N) is 4. The Morgan fingerprint density at radius 3 is 3.08 bits per heavy atom. The first-order chi connectivity index (χ1) is 6.20. The van der Waals surface area contributed by atoms with Crippen LogP contribution < -0.4 is 0 Å². The molecule has 0 aromatic carbocycles. The maximum absolute atomic E-state index is 11.6. The van der Waals surface area contributed by atoms with Gasteiger partial charge in [0.1, 0.15) is 12.2 Å². The summed E-state index contributed by atoms with van der Waals surface area (Å²) < 4.78 is 0. The molecular formula is C8H10N4O. The fourth-order valence-electron chi connectivity index (χ4n) is 1.26. The zero-order valence-electron chi connectivity index (χ0n) is 7.51. The molecule has 0 saturated carbocycles. The first kappa shape index (κ1) is 7.97. The van der Waals surface area contributed by atoms with E-state index in [0.29, 0.717) is 0 Å². The van der Waals surface area contributed by atoms with Crippen LogP contribution in [-0.4, -0.2) is 41.2 Å². The van der Waals surface area contributed by atoms with Crippen molar-refractivity contribution in [3.8, 4) is 0 Å². The summed E-state index contributed by atoms with van der Waals surface area (Å²) in [5, 5.41) is 0. The molecule has 5 nitrogen and oxygen atoms in total. The van der Waals surface area contributed by atoms with E-state index in [9.17, 15) is 4.79 Å². The van der Waals surface area contributed by atoms with E-state index in [2.05, 4.69) is 9.98 Å². The molecule has 1 atom stereocenters. The van der Waals surface area contributed by atoms with Crippen LogP contribution in [0.15, 0.2) is 22.3 Å². The van der Waals surface area contributed by atoms with Crippen LogP contribution in [0.4, 0.5) is 4.79 Å². The van der Waals surface area contributed by atoms with Gasteiger partial charge in [0.2, 0.25) is 0 Å². The highest BCUT2D eigenvalue weighted by Gasteiger charge is 2.30. The van der Waals surface area contributed by atoms with Crippen molar-refractivity contribution in [2.45, 2.75) is 13.1 Å². The zero-order chi connectivity index (χ0) is 9.42. The summed E-state index contributed by atoms with van der Waals surface area (Å²) in [6, 6.07) is -0.0920. The summed E-state index contributed by atoms with van der Waals surface area (Å²) >= 11 is 0. The van der Waals surface area contributed by atoms with Crippen molar-refractivity contribution in [3.05, 3.63) is 12.3 Å². The number of amidine groups is 1. The van der Waals surface area contributed by atoms with Crippen LogP contribution in [-0.2, 0) is 0 Å². The SMILES string of the molecule is CC1=NC2C=CN=CN2C(=O)N1C. The summed E-state index contributed by atoms with van der Waals surface area (Å²) in [7, 11) is 1.70. The average Bonchev–Trinajstić information content (AvgIpc) is 2.15. The molecule has 2 heterocycles. The van der Waals surface area contributed by atoms with Gasteiger partial charge >= 0.3 is 6.03 Å². The smallest absolute Gasteiger partial charge is 0.285 e. The minimum Gasteiger partial charge on any atom is -0.285 e. The summed E-state index contributed by atoms with van der Waals surface area (Å²) in [4.78, 5) is 22.8. The third-order valence-corrected chi connectivity index (χ3v) is 2.13. The van der Waals surface area contributed by atoms with Crippen molar-refractivity contribution in [1.29, 1.82) is 0 Å². The Hall–Kier alpha value is -1.65. The van der Waals surface area contributed by atoms with Gasteiger partial charge in [0.25, 0.3) is 0 Å². The Labute approximate surface area is 76.1 Å². The van der Waals surface area contributed by atoms with Gasteiger partial charge in [-0.25, -0.2) is 14.8 Å². The number of hydrogen-bond donors (Lipinski definition) is 0. The van der Waals surface area contributed by atoms with Crippen molar-refractivity contribution in [2.24, 2.45) is 9.98 Å². The molecule has 0 aliphatic carbocycles. The van der Waals surface area contributed by atoms with Gasteiger partial charge in [-0.2, -0.15) is 0 Å². The Balaban J connectivity index is 2.38. The number of carbonyl (C=O) groups excluding carboxylic acids is 1. The highest BCUT2D eigenvalue weighted by Crippen LogP contribution is 2.14. The van der Waals surface area contributed by atoms with Crippen LogP contribution >= 0.6 is 0 Å². The van der Waals surface area contributed by atoms with Gasteiger partial charge in [-0.05, 0) is 13.0 Å². The third kappa shape index (κ3) is 1.12. The van der Waals surface area contributed by atoms with Gasteiger partial charge in [-0.15, -0.1) is 0 Å². The summed E-state index contributed by atoms with van der Waals surface area (Å²) in [5.74, 6) is 0.728. The molecule has 2 aliphatic heterocycles. The molecule has 0 fully saturated rings. The average molecular weight is 178 g/mol. The van der Waals surface area contributed by atoms with E-state index in [1.807, 2.05) is 6.92 Å². The maximum atomic E-state index is 11.6. The minimum absolute atomic E-state index is 0.0920. The second-order valence-electron chi connectivity index (χ2n) is 2.94. The van der Waals surface area contributed by atoms with Crippen LogP contribution in [0.1, 0.15) is 6.92 Å². The summed E-state index contributed by atoms with van der Waals surface area (Å²) in [6.07, 6.45) is 4.73. The van der Waals surface area contributed by atoms with E-state index < -0.39 is 0 Å². The standard InChI is InChI=1S/C8H10N4O/c1-6-10-7-3-4-9-5-12(7)8(13)11(6)2/h3-5,7H,1-2H3. The molecule has 2 rings (SSSR count). The van der Waals surface area contributed by atoms with E-state index >= 15 is 0 Å². The normalized spacial score (nSPS) is 26.2. The second kappa shape index (κ2) is 2.69. The fraction of sp³-hybridized carbons (Fsp3) is 0.375. The summed E-state index contributed by atoms with van der Waals surface area (Å²) in [6.45, 7) is 1.81. The Morgan fingerprint density at radius 1 is 1.54 bits per heavy atom. The lowest BCUT2D eigenvalue weighted by Gasteiger charge is -2.34. The second-order valence-corrected chi connectivity index (χ2v) is 2.94. The van der Waals surface area contributed by atoms with Crippen molar-refractivity contribution < 1.29 is 4.79 Å². The molecule has 0 bridgehead atoms. The van der Waals surface area contributed by atoms with Crippen molar-refractivity contribution in [3.63, 3.8) is 0 Å². The molecule has 0 radical (unpaired) electrons. The maximum Gasteiger partial charge on any atom is 0.332 e. The van der Waals surface area contributed by atoms with Gasteiger partial charge in [0.05, 0.1) is 0 Å². The lowest BCUT2D eigenvalue weighted by Crippen LogP contribution is -2.51. The zero-order valence-corrected chi connectivity index (χ0v) is 7.51. The van der Waals surface area contributed by atoms with Crippen LogP contribution in [0.5, 0.6) is 0 Å². The molecule has 2 amide bonds. The number of urea groups is 1. The largest absolute Gasteiger partial charge is 0.332 e. The molecule has 0 aromatic heterocycles. The number of rotatable bonds is 0. The highest BCUT2D eigenvalue weighted by atomic mass is 16.2. The number of amides is 2. The molecule has 5 heteroatoms. The van der Waals surface area contributed by atoms with Crippen LogP contribution in [0.2, 0.25) is 0 Å². The summed E-state index contributed by atoms with van der Waals surface area (Å²) in [5.41, 5.74) is 0. The fourth-order valence-corrected chi connectivity index (χ4v) is 1.26. The Morgan fingerprint density at radius 2 is 2.31 bits per heavy atom. The van der Waals surface area contributed by atoms with Gasteiger partial charge in [-0.1, -0.05) is 0 Å². The van der Waals surface area contributed by atoms with Gasteiger partial charge in [0, 0.05) is 13.2 Å². The predicted octanol–water partition coefficient (Wildman–Crippen LogP) is 0.654. The Bertz CT molecular complexity index is 331. The quantitative estimate of drug-likeness (QED) is 0.537. The molecule has 0 aromatic rings. The van der Waals surface area contributed by atoms with E-state index in [1.165, 1.54) is 16.1 Å². The molecular weight excluding hydrogens is 168 g/mol. The van der Waals surface area contributed by atoms with E-state index in [0.717, 1.165) is 5.84 Å². The van der Waals surface area contributed by atoms with Crippen molar-refractivity contribution in [2.75, 3.05) is 7.05 Å². The lowest BCUT2D eigenvalue weighted by atomic mass is 10.3. The van der Waals surface area contributed by atoms with Crippen molar-refractivity contribution >= 4 is 18.2 Å². The molecule has 0 saturated heterocycles. The van der Waals surface area contributed by atoms with Gasteiger partial charge in [-0.3, -0.25) is 9.80 Å². The molecule has 68 valence electrons. The molecule has 13 heavy (non-hydrogen) atoms. The first-order valence-corrected chi connectivity index (χ1v) is 4.00. The predicted molar refractivity (Wildman–Crippen MR) is 49.5 cm³/mol. The third-order valence-electron chi connectivity index (χ3n) is 2.13. The number of hydrogen-bond acceptors (Lipinski definition) is 3. The Kier molecular flexibility index (Phi) is 1.65. The number of carbonyl (C=O) groups is 1. The van der Waals surface area contributed by atoms with Crippen LogP contribution in [0.25, 0.3) is 0 Å². The first-order valence-electron chi connectivity index (χ1n) is 4.00. The van der Waals surface area contributed by atoms with Crippen molar-refractivity contribution in [1.82, 2.24) is 9.80 Å². The molecule has 0 N–H and O–H groups in total. The highest BCUT2D eigenvalue weighted by molar-refractivity contribution is 6.02. The van der Waals surface area contributed by atoms with Gasteiger partial charge < -0.3 is 0 Å². The molecule has 2 aliphatic rings. The minimum atomic E-state index is -0.207. The van der Waals surface area contributed by atoms with E-state index in [4.69, 9.17) is 0 Å². The van der Waals surface area contributed by atoms with E-state index in [1.54, 1.807) is 19.3 Å². The number of aliphatic imine (C=N–C) groups is 2. The van der Waals surface area contributed by atoms with E-state index in [-0.39, 0.29) is 12.2 Å². The molecule has 1 unspecified atom stereocenters. The van der Waals surface area contributed by atoms with Crippen LogP contribution in [0.3, 0.4) is 0 Å². The monoisotopic (exact) mass is 178 g/mol.